The highest BCUT2D eigenvalue weighted by Crippen LogP contribution is 2.24. The molecule has 0 aromatic heterocycles. The minimum atomic E-state index is -3.65. The van der Waals surface area contributed by atoms with Gasteiger partial charge in [0.2, 0.25) is 15.9 Å². The zero-order valence-electron chi connectivity index (χ0n) is 14.6. The van der Waals surface area contributed by atoms with E-state index >= 15 is 0 Å². The molecule has 2 aromatic carbocycles. The van der Waals surface area contributed by atoms with E-state index in [2.05, 4.69) is 5.32 Å². The number of hydrogen-bond acceptors (Lipinski definition) is 3. The Bertz CT molecular complexity index is 859. The number of carbonyl (C=O) groups excluding carboxylic acids is 1. The first kappa shape index (κ1) is 19.3. The second kappa shape index (κ2) is 7.45. The highest BCUT2D eigenvalue weighted by atomic mass is 35.5. The number of nitrogens with zero attached hydrogens (tertiary/aromatic N) is 1. The minimum Gasteiger partial charge on any atom is -0.324 e. The number of amides is 1. The summed E-state index contributed by atoms with van der Waals surface area (Å²) in [5.41, 5.74) is 3.05. The van der Waals surface area contributed by atoms with Gasteiger partial charge in [-0.1, -0.05) is 17.7 Å². The van der Waals surface area contributed by atoms with Crippen LogP contribution < -0.4 is 9.62 Å². The molecule has 1 atom stereocenters. The third kappa shape index (κ3) is 4.96. The number of anilines is 2. The van der Waals surface area contributed by atoms with Crippen molar-refractivity contribution < 1.29 is 13.2 Å². The molecule has 0 saturated carbocycles. The molecule has 0 bridgehead atoms. The predicted molar refractivity (Wildman–Crippen MR) is 103 cm³/mol. The van der Waals surface area contributed by atoms with E-state index < -0.39 is 22.0 Å². The summed E-state index contributed by atoms with van der Waals surface area (Å²) in [4.78, 5) is 12.6. The standard InChI is InChI=1S/C18H21ClN2O3S/c1-12-9-13(2)11-16(10-12)20-18(22)14(3)21(25(4,23)24)17-7-5-15(19)6-8-17/h5-11,14H,1-4H3,(H,20,22). The van der Waals surface area contributed by atoms with Gasteiger partial charge in [0.05, 0.1) is 11.9 Å². The average molecular weight is 381 g/mol. The molecule has 134 valence electrons. The summed E-state index contributed by atoms with van der Waals surface area (Å²) in [6.45, 7) is 5.42. The lowest BCUT2D eigenvalue weighted by Gasteiger charge is -2.28. The molecule has 0 aliphatic carbocycles. The number of sulfonamides is 1. The highest BCUT2D eigenvalue weighted by molar-refractivity contribution is 7.92. The van der Waals surface area contributed by atoms with E-state index in [1.54, 1.807) is 31.2 Å². The van der Waals surface area contributed by atoms with Gasteiger partial charge in [0.1, 0.15) is 6.04 Å². The molecule has 25 heavy (non-hydrogen) atoms. The summed E-state index contributed by atoms with van der Waals surface area (Å²) in [6.07, 6.45) is 1.07. The third-order valence-corrected chi connectivity index (χ3v) is 5.15. The van der Waals surface area contributed by atoms with Crippen LogP contribution in [0.25, 0.3) is 0 Å². The smallest absolute Gasteiger partial charge is 0.247 e. The van der Waals surface area contributed by atoms with Gasteiger partial charge in [-0.05, 0) is 68.3 Å². The highest BCUT2D eigenvalue weighted by Gasteiger charge is 2.29. The molecule has 1 amide bonds. The van der Waals surface area contributed by atoms with Crippen molar-refractivity contribution in [3.8, 4) is 0 Å². The topological polar surface area (TPSA) is 66.5 Å². The van der Waals surface area contributed by atoms with Gasteiger partial charge in [0, 0.05) is 10.7 Å². The quantitative estimate of drug-likeness (QED) is 0.858. The number of carbonyl (C=O) groups is 1. The number of halogens is 1. The van der Waals surface area contributed by atoms with E-state index in [9.17, 15) is 13.2 Å². The molecule has 0 saturated heterocycles. The van der Waals surface area contributed by atoms with Gasteiger partial charge in [-0.15, -0.1) is 0 Å². The molecule has 0 aliphatic rings. The summed E-state index contributed by atoms with van der Waals surface area (Å²) >= 11 is 5.86. The Labute approximate surface area is 153 Å². The van der Waals surface area contributed by atoms with Crippen molar-refractivity contribution in [2.75, 3.05) is 15.9 Å². The molecule has 1 N–H and O–H groups in total. The maximum atomic E-state index is 12.6. The van der Waals surface area contributed by atoms with Crippen LogP contribution in [0.1, 0.15) is 18.1 Å². The predicted octanol–water partition coefficient (Wildman–Crippen LogP) is 3.75. The van der Waals surface area contributed by atoms with E-state index in [-0.39, 0.29) is 0 Å². The summed E-state index contributed by atoms with van der Waals surface area (Å²) < 4.78 is 25.6. The van der Waals surface area contributed by atoms with Crippen LogP contribution >= 0.6 is 11.6 Å². The van der Waals surface area contributed by atoms with Crippen LogP contribution in [0, 0.1) is 13.8 Å². The summed E-state index contributed by atoms with van der Waals surface area (Å²) in [5.74, 6) is -0.412. The maximum Gasteiger partial charge on any atom is 0.247 e. The molecule has 0 heterocycles. The number of aryl methyl sites for hydroxylation is 2. The Morgan fingerprint density at radius 3 is 2.08 bits per heavy atom. The van der Waals surface area contributed by atoms with Crippen LogP contribution in [0.4, 0.5) is 11.4 Å². The summed E-state index contributed by atoms with van der Waals surface area (Å²) in [5, 5.41) is 3.28. The van der Waals surface area contributed by atoms with E-state index in [4.69, 9.17) is 11.6 Å². The molecule has 2 aromatic rings. The zero-order chi connectivity index (χ0) is 18.8. The molecular formula is C18H21ClN2O3S. The van der Waals surface area contributed by atoms with Gasteiger partial charge >= 0.3 is 0 Å². The maximum absolute atomic E-state index is 12.6. The Kier molecular flexibility index (Phi) is 5.75. The Balaban J connectivity index is 2.31. The zero-order valence-corrected chi connectivity index (χ0v) is 16.1. The minimum absolute atomic E-state index is 0.384. The Hall–Kier alpha value is -2.05. The van der Waals surface area contributed by atoms with Crippen LogP contribution in [-0.2, 0) is 14.8 Å². The van der Waals surface area contributed by atoms with Gasteiger partial charge < -0.3 is 5.32 Å². The number of nitrogens with one attached hydrogen (secondary N) is 1. The monoisotopic (exact) mass is 380 g/mol. The van der Waals surface area contributed by atoms with Crippen molar-refractivity contribution in [3.63, 3.8) is 0 Å². The lowest BCUT2D eigenvalue weighted by Crippen LogP contribution is -2.45. The SMILES string of the molecule is Cc1cc(C)cc(NC(=O)C(C)N(c2ccc(Cl)cc2)S(C)(=O)=O)c1. The molecule has 0 radical (unpaired) electrons. The van der Waals surface area contributed by atoms with Crippen molar-refractivity contribution in [1.82, 2.24) is 0 Å². The second-order valence-electron chi connectivity index (χ2n) is 6.08. The third-order valence-electron chi connectivity index (χ3n) is 3.66. The largest absolute Gasteiger partial charge is 0.324 e. The van der Waals surface area contributed by atoms with Gasteiger partial charge in [-0.2, -0.15) is 0 Å². The van der Waals surface area contributed by atoms with Crippen LogP contribution in [0.5, 0.6) is 0 Å². The number of hydrogen-bond donors (Lipinski definition) is 1. The van der Waals surface area contributed by atoms with Gasteiger partial charge in [-0.25, -0.2) is 8.42 Å². The fraction of sp³-hybridized carbons (Fsp3) is 0.278. The summed E-state index contributed by atoms with van der Waals surface area (Å²) in [6, 6.07) is 11.1. The average Bonchev–Trinajstić information content (AvgIpc) is 2.47. The molecule has 5 nitrogen and oxygen atoms in total. The molecular weight excluding hydrogens is 360 g/mol. The van der Waals surface area contributed by atoms with Crippen molar-refractivity contribution in [1.29, 1.82) is 0 Å². The van der Waals surface area contributed by atoms with Crippen molar-refractivity contribution in [2.45, 2.75) is 26.8 Å². The second-order valence-corrected chi connectivity index (χ2v) is 8.37. The van der Waals surface area contributed by atoms with Crippen molar-refractivity contribution in [3.05, 3.63) is 58.6 Å². The van der Waals surface area contributed by atoms with Crippen LogP contribution in [0.15, 0.2) is 42.5 Å². The van der Waals surface area contributed by atoms with Crippen molar-refractivity contribution >= 4 is 38.9 Å². The molecule has 0 fully saturated rings. The van der Waals surface area contributed by atoms with E-state index in [1.807, 2.05) is 32.0 Å². The van der Waals surface area contributed by atoms with Crippen molar-refractivity contribution in [2.24, 2.45) is 0 Å². The molecule has 0 spiro atoms. The number of rotatable bonds is 5. The molecule has 7 heteroatoms. The van der Waals surface area contributed by atoms with E-state index in [1.165, 1.54) is 0 Å². The molecule has 0 aliphatic heterocycles. The van der Waals surface area contributed by atoms with Gasteiger partial charge in [0.15, 0.2) is 0 Å². The lowest BCUT2D eigenvalue weighted by molar-refractivity contribution is -0.116. The normalized spacial score (nSPS) is 12.5. The molecule has 2 rings (SSSR count). The fourth-order valence-electron chi connectivity index (χ4n) is 2.69. The van der Waals surface area contributed by atoms with Crippen LogP contribution in [0.2, 0.25) is 5.02 Å². The van der Waals surface area contributed by atoms with Gasteiger partial charge in [0.25, 0.3) is 0 Å². The molecule has 1 unspecified atom stereocenters. The first-order valence-electron chi connectivity index (χ1n) is 7.72. The Morgan fingerprint density at radius 1 is 1.08 bits per heavy atom. The van der Waals surface area contributed by atoms with E-state index in [0.717, 1.165) is 21.7 Å². The van der Waals surface area contributed by atoms with Gasteiger partial charge in [-0.3, -0.25) is 9.10 Å². The van der Waals surface area contributed by atoms with Crippen LogP contribution in [-0.4, -0.2) is 26.6 Å². The number of benzene rings is 2. The Morgan fingerprint density at radius 2 is 1.60 bits per heavy atom. The van der Waals surface area contributed by atoms with Crippen LogP contribution in [0.3, 0.4) is 0 Å². The lowest BCUT2D eigenvalue weighted by atomic mass is 10.1. The fourth-order valence-corrected chi connectivity index (χ4v) is 3.99. The first-order chi connectivity index (χ1) is 11.6. The van der Waals surface area contributed by atoms with E-state index in [0.29, 0.717) is 16.4 Å². The first-order valence-corrected chi connectivity index (χ1v) is 9.94. The summed E-state index contributed by atoms with van der Waals surface area (Å²) in [7, 11) is -3.65.